The predicted octanol–water partition coefficient (Wildman–Crippen LogP) is 4.02. The fraction of sp³-hybridized carbons (Fsp3) is 0.333. The molecule has 4 N–H and O–H groups in total. The zero-order valence-electron chi connectivity index (χ0n) is 20.3. The summed E-state index contributed by atoms with van der Waals surface area (Å²) < 4.78 is 45.3. The van der Waals surface area contributed by atoms with Crippen molar-refractivity contribution in [3.05, 3.63) is 59.9 Å². The van der Waals surface area contributed by atoms with Crippen molar-refractivity contribution < 1.29 is 32.6 Å². The van der Waals surface area contributed by atoms with Gasteiger partial charge in [0.05, 0.1) is 52.4 Å². The minimum absolute atomic E-state index is 0.0786. The molecule has 3 aromatic rings. The van der Waals surface area contributed by atoms with Gasteiger partial charge in [0, 0.05) is 12.5 Å². The van der Waals surface area contributed by atoms with Gasteiger partial charge in [0.1, 0.15) is 6.33 Å². The number of benzene rings is 1. The first-order valence-corrected chi connectivity index (χ1v) is 11.5. The molecule has 1 saturated carbocycles. The summed E-state index contributed by atoms with van der Waals surface area (Å²) in [7, 11) is 0. The summed E-state index contributed by atoms with van der Waals surface area (Å²) in [5.74, 6) is -0.857. The fourth-order valence-corrected chi connectivity index (χ4v) is 3.25. The van der Waals surface area contributed by atoms with E-state index in [4.69, 9.17) is 4.74 Å². The number of aromatic nitrogens is 4. The smallest absolute Gasteiger partial charge is 0.389 e. The molecule has 0 bridgehead atoms. The lowest BCUT2D eigenvalue weighted by Crippen LogP contribution is -2.38. The molecule has 2 amide bonds. The molecule has 4 rings (SSSR count). The summed E-state index contributed by atoms with van der Waals surface area (Å²) in [5, 5.41) is 17.4. The van der Waals surface area contributed by atoms with Crippen LogP contribution in [-0.4, -0.2) is 49.2 Å². The average molecular weight is 531 g/mol. The first kappa shape index (κ1) is 26.7. The molecule has 1 fully saturated rings. The number of anilines is 3. The lowest BCUT2D eigenvalue weighted by molar-refractivity contribution is -0.137. The van der Waals surface area contributed by atoms with Crippen LogP contribution < -0.4 is 20.7 Å². The van der Waals surface area contributed by atoms with Crippen LogP contribution in [0.5, 0.6) is 5.88 Å². The van der Waals surface area contributed by atoms with Crippen molar-refractivity contribution in [1.82, 2.24) is 25.3 Å². The van der Waals surface area contributed by atoms with E-state index in [1.54, 1.807) is 6.20 Å². The maximum atomic E-state index is 13.3. The number of rotatable bonds is 8. The van der Waals surface area contributed by atoms with Crippen LogP contribution in [0.2, 0.25) is 0 Å². The highest BCUT2D eigenvalue weighted by Gasteiger charge is 2.32. The van der Waals surface area contributed by atoms with Crippen LogP contribution in [0.3, 0.4) is 0 Å². The van der Waals surface area contributed by atoms with Gasteiger partial charge in [-0.2, -0.15) is 13.2 Å². The second-order valence-electron chi connectivity index (χ2n) is 9.24. The highest BCUT2D eigenvalue weighted by Crippen LogP contribution is 2.40. The molecule has 0 saturated heterocycles. The number of ether oxygens (including phenoxy) is 1. The largest absolute Gasteiger partial charge is 0.418 e. The average Bonchev–Trinajstić information content (AvgIpc) is 3.69. The number of hydrogen-bond donors (Lipinski definition) is 4. The molecule has 0 radical (unpaired) electrons. The Balaban J connectivity index is 1.58. The van der Waals surface area contributed by atoms with E-state index >= 15 is 0 Å². The molecule has 0 atom stereocenters. The van der Waals surface area contributed by atoms with E-state index in [1.165, 1.54) is 32.6 Å². The van der Waals surface area contributed by atoms with E-state index < -0.39 is 34.9 Å². The first-order chi connectivity index (χ1) is 17.9. The van der Waals surface area contributed by atoms with Crippen molar-refractivity contribution in [1.29, 1.82) is 0 Å². The summed E-state index contributed by atoms with van der Waals surface area (Å²) in [4.78, 5) is 41.9. The van der Waals surface area contributed by atoms with Crippen molar-refractivity contribution in [3.8, 4) is 5.88 Å². The second-order valence-corrected chi connectivity index (χ2v) is 9.24. The molecule has 11 nitrogen and oxygen atoms in total. The van der Waals surface area contributed by atoms with Crippen LogP contribution in [0.1, 0.15) is 54.2 Å². The number of nitrogens with one attached hydrogen (secondary N) is 3. The lowest BCUT2D eigenvalue weighted by Gasteiger charge is -2.19. The van der Waals surface area contributed by atoms with Crippen LogP contribution >= 0.6 is 0 Å². The number of aliphatic hydroxyl groups is 1. The summed E-state index contributed by atoms with van der Waals surface area (Å²) in [6, 6.07) is 2.26. The Bertz CT molecular complexity index is 1330. The molecule has 14 heteroatoms. The Morgan fingerprint density at radius 3 is 2.47 bits per heavy atom. The first-order valence-electron chi connectivity index (χ1n) is 11.5. The second kappa shape index (κ2) is 10.6. The maximum absolute atomic E-state index is 13.3. The minimum Gasteiger partial charge on any atom is -0.389 e. The number of nitrogens with zero attached hydrogens (tertiary/aromatic N) is 4. The standard InChI is InChI=1S/C24H24F3N7O4/c1-23(2,37)11-31-20(35)16-7-14(24(25,26)27)5-6-17(16)34-22(36)38-21-19(32-15-8-28-12-29-9-15)30-10-18(33-21)13-3-4-13/h5-10,12-13,37H,3-4,11H2,1-2H3,(H,30,32)(H,31,35)(H,34,36). The van der Waals surface area contributed by atoms with Gasteiger partial charge >= 0.3 is 12.3 Å². The summed E-state index contributed by atoms with van der Waals surface area (Å²) in [5.41, 5.74) is -2.07. The lowest BCUT2D eigenvalue weighted by atomic mass is 10.1. The molecule has 0 aliphatic heterocycles. The molecule has 1 aliphatic carbocycles. The molecule has 0 unspecified atom stereocenters. The fourth-order valence-electron chi connectivity index (χ4n) is 3.25. The molecular weight excluding hydrogens is 507 g/mol. The van der Waals surface area contributed by atoms with Crippen molar-refractivity contribution in [2.45, 2.75) is 44.4 Å². The van der Waals surface area contributed by atoms with Gasteiger partial charge in [0.25, 0.3) is 11.8 Å². The quantitative estimate of drug-likeness (QED) is 0.338. The molecule has 0 spiro atoms. The van der Waals surface area contributed by atoms with Gasteiger partial charge in [0.15, 0.2) is 5.82 Å². The SMILES string of the molecule is CC(C)(O)CNC(=O)c1cc(C(F)(F)F)ccc1NC(=O)Oc1nc(C2CC2)cnc1Nc1cncnc1. The number of carbonyl (C=O) groups is 2. The van der Waals surface area contributed by atoms with E-state index in [0.717, 1.165) is 25.0 Å². The van der Waals surface area contributed by atoms with Gasteiger partial charge in [-0.15, -0.1) is 0 Å². The van der Waals surface area contributed by atoms with Gasteiger partial charge in [-0.25, -0.2) is 24.7 Å². The minimum atomic E-state index is -4.73. The third kappa shape index (κ3) is 7.12. The highest BCUT2D eigenvalue weighted by molar-refractivity contribution is 6.03. The zero-order valence-corrected chi connectivity index (χ0v) is 20.3. The van der Waals surface area contributed by atoms with E-state index in [2.05, 4.69) is 35.9 Å². The van der Waals surface area contributed by atoms with Gasteiger partial charge in [-0.3, -0.25) is 10.1 Å². The highest BCUT2D eigenvalue weighted by atomic mass is 19.4. The van der Waals surface area contributed by atoms with Crippen molar-refractivity contribution in [3.63, 3.8) is 0 Å². The van der Waals surface area contributed by atoms with Crippen LogP contribution in [0.15, 0.2) is 43.1 Å². The monoisotopic (exact) mass is 531 g/mol. The van der Waals surface area contributed by atoms with Gasteiger partial charge in [-0.1, -0.05) is 0 Å². The van der Waals surface area contributed by atoms with Crippen molar-refractivity contribution >= 4 is 29.2 Å². The maximum Gasteiger partial charge on any atom is 0.418 e. The summed E-state index contributed by atoms with van der Waals surface area (Å²) in [6.07, 6.45) is 1.79. The molecule has 2 aromatic heterocycles. The summed E-state index contributed by atoms with van der Waals surface area (Å²) in [6.45, 7) is 2.59. The van der Waals surface area contributed by atoms with Crippen LogP contribution in [0, 0.1) is 0 Å². The molecular formula is C24H24F3N7O4. The van der Waals surface area contributed by atoms with Crippen LogP contribution in [0.4, 0.5) is 35.2 Å². The topological polar surface area (TPSA) is 151 Å². The summed E-state index contributed by atoms with van der Waals surface area (Å²) >= 11 is 0. The van der Waals surface area contributed by atoms with E-state index in [-0.39, 0.29) is 29.8 Å². The van der Waals surface area contributed by atoms with Gasteiger partial charge in [0.2, 0.25) is 0 Å². The molecule has 38 heavy (non-hydrogen) atoms. The molecule has 1 aliphatic rings. The number of amides is 2. The third-order valence-corrected chi connectivity index (χ3v) is 5.28. The molecule has 200 valence electrons. The van der Waals surface area contributed by atoms with Crippen LogP contribution in [-0.2, 0) is 6.18 Å². The van der Waals surface area contributed by atoms with E-state index in [1.807, 2.05) is 0 Å². The van der Waals surface area contributed by atoms with E-state index in [9.17, 15) is 27.9 Å². The Hall–Kier alpha value is -4.33. The van der Waals surface area contributed by atoms with E-state index in [0.29, 0.717) is 17.4 Å². The predicted molar refractivity (Wildman–Crippen MR) is 129 cm³/mol. The van der Waals surface area contributed by atoms with Crippen molar-refractivity contribution in [2.75, 3.05) is 17.2 Å². The van der Waals surface area contributed by atoms with Crippen LogP contribution in [0.25, 0.3) is 0 Å². The number of halogens is 3. The number of carbonyl (C=O) groups excluding carboxylic acids is 2. The number of alkyl halides is 3. The Labute approximate surface area is 214 Å². The van der Waals surface area contributed by atoms with Crippen molar-refractivity contribution in [2.24, 2.45) is 0 Å². The normalized spacial score (nSPS) is 13.5. The molecule has 1 aromatic carbocycles. The third-order valence-electron chi connectivity index (χ3n) is 5.28. The molecule has 2 heterocycles. The van der Waals surface area contributed by atoms with Gasteiger partial charge in [-0.05, 0) is 44.9 Å². The Morgan fingerprint density at radius 2 is 1.84 bits per heavy atom. The Morgan fingerprint density at radius 1 is 1.13 bits per heavy atom. The Kier molecular flexibility index (Phi) is 7.44. The zero-order chi connectivity index (χ0) is 27.5. The number of hydrogen-bond acceptors (Lipinski definition) is 9. The van der Waals surface area contributed by atoms with Gasteiger partial charge < -0.3 is 20.5 Å².